The van der Waals surface area contributed by atoms with Crippen molar-refractivity contribution < 1.29 is 19.5 Å². The molecule has 6 nitrogen and oxygen atoms in total. The summed E-state index contributed by atoms with van der Waals surface area (Å²) in [6, 6.07) is 0. The van der Waals surface area contributed by atoms with E-state index >= 15 is 0 Å². The molecule has 0 aliphatic rings. The number of rotatable bonds is 6. The molecule has 0 saturated heterocycles. The number of aliphatic carboxylic acids is 1. The zero-order valence-electron chi connectivity index (χ0n) is 7.60. The van der Waals surface area contributed by atoms with Crippen LogP contribution in [0.5, 0.6) is 0 Å². The third-order valence-electron chi connectivity index (χ3n) is 1.34. The van der Waals surface area contributed by atoms with Crippen molar-refractivity contribution in [3.63, 3.8) is 0 Å². The Morgan fingerprint density at radius 3 is 2.29 bits per heavy atom. The van der Waals surface area contributed by atoms with Crippen molar-refractivity contribution >= 4 is 17.8 Å². The number of carboxylic acids is 1. The molecule has 14 heavy (non-hydrogen) atoms. The van der Waals surface area contributed by atoms with Gasteiger partial charge in [-0.15, -0.1) is 6.58 Å². The van der Waals surface area contributed by atoms with Gasteiger partial charge in [0.1, 0.15) is 6.54 Å². The fourth-order valence-corrected chi connectivity index (χ4v) is 0.836. The predicted octanol–water partition coefficient (Wildman–Crippen LogP) is -1.04. The molecule has 0 aromatic carbocycles. The molecule has 0 aliphatic heterocycles. The summed E-state index contributed by atoms with van der Waals surface area (Å²) >= 11 is 0. The van der Waals surface area contributed by atoms with E-state index in [1.807, 2.05) is 0 Å². The van der Waals surface area contributed by atoms with E-state index in [2.05, 4.69) is 6.58 Å². The molecule has 0 rings (SSSR count). The van der Waals surface area contributed by atoms with Crippen molar-refractivity contribution in [3.05, 3.63) is 12.7 Å². The summed E-state index contributed by atoms with van der Waals surface area (Å²) in [5.74, 6) is -2.42. The molecule has 0 aromatic heterocycles. The molecular formula is C8H12N2O4. The molecule has 2 amide bonds. The maximum atomic E-state index is 11.2. The van der Waals surface area contributed by atoms with E-state index in [-0.39, 0.29) is 13.0 Å². The van der Waals surface area contributed by atoms with Gasteiger partial charge < -0.3 is 15.7 Å². The van der Waals surface area contributed by atoms with Crippen LogP contribution in [0.25, 0.3) is 0 Å². The van der Waals surface area contributed by atoms with Crippen molar-refractivity contribution in [2.24, 2.45) is 5.73 Å². The largest absolute Gasteiger partial charge is 0.480 e. The highest BCUT2D eigenvalue weighted by molar-refractivity contribution is 5.87. The Hall–Kier alpha value is -1.85. The van der Waals surface area contributed by atoms with Gasteiger partial charge in [-0.3, -0.25) is 14.4 Å². The van der Waals surface area contributed by atoms with Crippen molar-refractivity contribution in [2.45, 2.75) is 6.42 Å². The van der Waals surface area contributed by atoms with Crippen LogP contribution in [0.2, 0.25) is 0 Å². The molecule has 0 aliphatic carbocycles. The Morgan fingerprint density at radius 2 is 1.93 bits per heavy atom. The first-order chi connectivity index (χ1) is 6.47. The summed E-state index contributed by atoms with van der Waals surface area (Å²) in [6.07, 6.45) is 1.32. The van der Waals surface area contributed by atoms with Crippen LogP contribution in [0, 0.1) is 0 Å². The Kier molecular flexibility index (Phi) is 4.98. The smallest absolute Gasteiger partial charge is 0.323 e. The van der Waals surface area contributed by atoms with Crippen LogP contribution in [-0.4, -0.2) is 40.9 Å². The van der Waals surface area contributed by atoms with Gasteiger partial charge in [-0.25, -0.2) is 0 Å². The molecule has 0 bridgehead atoms. The minimum atomic E-state index is -1.19. The monoisotopic (exact) mass is 200 g/mol. The summed E-state index contributed by atoms with van der Waals surface area (Å²) in [5.41, 5.74) is 4.85. The van der Waals surface area contributed by atoms with E-state index in [0.29, 0.717) is 0 Å². The van der Waals surface area contributed by atoms with Crippen LogP contribution < -0.4 is 5.73 Å². The standard InChI is InChI=1S/C8H12N2O4/c1-2-3-7(12)10(4-6(9)11)5-8(13)14/h2H,1,3-5H2,(H2,9,11)(H,13,14). The normalized spacial score (nSPS) is 9.14. The SMILES string of the molecule is C=CCC(=O)N(CC(N)=O)CC(=O)O. The fourth-order valence-electron chi connectivity index (χ4n) is 0.836. The number of nitrogens with two attached hydrogens (primary N) is 1. The minimum absolute atomic E-state index is 0.0133. The third-order valence-corrected chi connectivity index (χ3v) is 1.34. The molecule has 0 unspecified atom stereocenters. The number of amides is 2. The van der Waals surface area contributed by atoms with E-state index in [1.54, 1.807) is 0 Å². The summed E-state index contributed by atoms with van der Waals surface area (Å²) in [7, 11) is 0. The molecule has 0 atom stereocenters. The second-order valence-corrected chi connectivity index (χ2v) is 2.60. The number of primary amides is 1. The first-order valence-corrected chi connectivity index (χ1v) is 3.86. The number of carbonyl (C=O) groups excluding carboxylic acids is 2. The zero-order chi connectivity index (χ0) is 11.1. The van der Waals surface area contributed by atoms with E-state index in [0.717, 1.165) is 4.90 Å². The lowest BCUT2D eigenvalue weighted by atomic mass is 10.3. The Bertz CT molecular complexity index is 246. The first kappa shape index (κ1) is 12.2. The van der Waals surface area contributed by atoms with Gasteiger partial charge >= 0.3 is 5.97 Å². The van der Waals surface area contributed by atoms with Gasteiger partial charge in [0.15, 0.2) is 0 Å². The lowest BCUT2D eigenvalue weighted by Crippen LogP contribution is -2.41. The van der Waals surface area contributed by atoms with Crippen molar-refractivity contribution in [2.75, 3.05) is 13.1 Å². The van der Waals surface area contributed by atoms with Crippen LogP contribution in [0.4, 0.5) is 0 Å². The van der Waals surface area contributed by atoms with Crippen LogP contribution in [0.15, 0.2) is 12.7 Å². The Morgan fingerprint density at radius 1 is 1.36 bits per heavy atom. The molecular weight excluding hydrogens is 188 g/mol. The molecule has 78 valence electrons. The van der Waals surface area contributed by atoms with Crippen molar-refractivity contribution in [1.29, 1.82) is 0 Å². The number of carboxylic acid groups (broad SMARTS) is 1. The Labute approximate surface area is 81.0 Å². The maximum Gasteiger partial charge on any atom is 0.323 e. The lowest BCUT2D eigenvalue weighted by molar-refractivity contribution is -0.145. The predicted molar refractivity (Wildman–Crippen MR) is 48.2 cm³/mol. The molecule has 3 N–H and O–H groups in total. The summed E-state index contributed by atoms with van der Waals surface area (Å²) < 4.78 is 0. The lowest BCUT2D eigenvalue weighted by Gasteiger charge is -2.17. The van der Waals surface area contributed by atoms with Gasteiger partial charge in [-0.1, -0.05) is 6.08 Å². The van der Waals surface area contributed by atoms with Gasteiger partial charge in [-0.05, 0) is 0 Å². The second-order valence-electron chi connectivity index (χ2n) is 2.60. The fraction of sp³-hybridized carbons (Fsp3) is 0.375. The van der Waals surface area contributed by atoms with E-state index < -0.39 is 24.3 Å². The van der Waals surface area contributed by atoms with Crippen LogP contribution in [0.1, 0.15) is 6.42 Å². The van der Waals surface area contributed by atoms with Gasteiger partial charge in [0, 0.05) is 6.42 Å². The Balaban J connectivity index is 4.36. The molecule has 0 radical (unpaired) electrons. The van der Waals surface area contributed by atoms with Crippen LogP contribution in [0.3, 0.4) is 0 Å². The highest BCUT2D eigenvalue weighted by Gasteiger charge is 2.16. The average Bonchev–Trinajstić information content (AvgIpc) is 2.01. The van der Waals surface area contributed by atoms with Gasteiger partial charge in [0.25, 0.3) is 0 Å². The van der Waals surface area contributed by atoms with E-state index in [4.69, 9.17) is 10.8 Å². The topological polar surface area (TPSA) is 101 Å². The van der Waals surface area contributed by atoms with E-state index in [9.17, 15) is 14.4 Å². The maximum absolute atomic E-state index is 11.2. The summed E-state index contributed by atoms with van der Waals surface area (Å²) in [6.45, 7) is 2.41. The number of hydrogen-bond donors (Lipinski definition) is 2. The van der Waals surface area contributed by atoms with Gasteiger partial charge in [-0.2, -0.15) is 0 Å². The van der Waals surface area contributed by atoms with Crippen molar-refractivity contribution in [1.82, 2.24) is 4.90 Å². The molecule has 0 spiro atoms. The molecule has 0 saturated carbocycles. The summed E-state index contributed by atoms with van der Waals surface area (Å²) in [4.78, 5) is 32.9. The minimum Gasteiger partial charge on any atom is -0.480 e. The first-order valence-electron chi connectivity index (χ1n) is 3.86. The van der Waals surface area contributed by atoms with Gasteiger partial charge in [0.05, 0.1) is 6.54 Å². The number of hydrogen-bond acceptors (Lipinski definition) is 3. The quantitative estimate of drug-likeness (QED) is 0.535. The average molecular weight is 200 g/mol. The molecule has 0 heterocycles. The van der Waals surface area contributed by atoms with Crippen LogP contribution >= 0.6 is 0 Å². The molecule has 6 heteroatoms. The number of nitrogens with zero attached hydrogens (tertiary/aromatic N) is 1. The van der Waals surface area contributed by atoms with Crippen LogP contribution in [-0.2, 0) is 14.4 Å². The van der Waals surface area contributed by atoms with Crippen molar-refractivity contribution in [3.8, 4) is 0 Å². The zero-order valence-corrected chi connectivity index (χ0v) is 7.60. The second kappa shape index (κ2) is 5.74. The summed E-state index contributed by atoms with van der Waals surface area (Å²) in [5, 5.41) is 8.44. The number of carbonyl (C=O) groups is 3. The molecule has 0 fully saturated rings. The van der Waals surface area contributed by atoms with Gasteiger partial charge in [0.2, 0.25) is 11.8 Å². The highest BCUT2D eigenvalue weighted by Crippen LogP contribution is 1.94. The van der Waals surface area contributed by atoms with E-state index in [1.165, 1.54) is 6.08 Å². The third kappa shape index (κ3) is 4.91. The highest BCUT2D eigenvalue weighted by atomic mass is 16.4. The molecule has 0 aromatic rings.